The third-order valence-electron chi connectivity index (χ3n) is 5.82. The van der Waals surface area contributed by atoms with Crippen molar-refractivity contribution in [2.24, 2.45) is 0 Å². The van der Waals surface area contributed by atoms with Gasteiger partial charge in [-0.25, -0.2) is 4.98 Å². The SMILES string of the molecule is CN(c1ccccc1)c1ccc(C(=O)Nc2c(C(=O)N3CCOCC3)oc3ccccc23)cn1. The van der Waals surface area contributed by atoms with E-state index in [9.17, 15) is 9.59 Å². The van der Waals surface area contributed by atoms with Crippen molar-refractivity contribution in [1.29, 1.82) is 0 Å². The van der Waals surface area contributed by atoms with E-state index in [0.29, 0.717) is 54.3 Å². The second-order valence-corrected chi connectivity index (χ2v) is 7.96. The second-order valence-electron chi connectivity index (χ2n) is 7.96. The molecule has 4 aromatic rings. The highest BCUT2D eigenvalue weighted by molar-refractivity contribution is 6.14. The number of fused-ring (bicyclic) bond motifs is 1. The predicted molar refractivity (Wildman–Crippen MR) is 130 cm³/mol. The van der Waals surface area contributed by atoms with Crippen LogP contribution in [-0.4, -0.2) is 55.0 Å². The minimum Gasteiger partial charge on any atom is -0.449 e. The van der Waals surface area contributed by atoms with Gasteiger partial charge in [0.25, 0.3) is 11.8 Å². The lowest BCUT2D eigenvalue weighted by Crippen LogP contribution is -2.40. The van der Waals surface area contributed by atoms with Crippen LogP contribution in [0, 0.1) is 0 Å². The van der Waals surface area contributed by atoms with Crippen molar-refractivity contribution >= 4 is 40.0 Å². The van der Waals surface area contributed by atoms with Crippen molar-refractivity contribution < 1.29 is 18.7 Å². The predicted octanol–water partition coefficient (Wildman–Crippen LogP) is 4.32. The minimum absolute atomic E-state index is 0.116. The quantitative estimate of drug-likeness (QED) is 0.481. The van der Waals surface area contributed by atoms with E-state index in [0.717, 1.165) is 5.69 Å². The van der Waals surface area contributed by atoms with E-state index in [4.69, 9.17) is 9.15 Å². The number of para-hydroxylation sites is 2. The highest BCUT2D eigenvalue weighted by atomic mass is 16.5. The van der Waals surface area contributed by atoms with Crippen LogP contribution < -0.4 is 10.2 Å². The first-order chi connectivity index (χ1) is 16.6. The Hall–Kier alpha value is -4.17. The number of amides is 2. The lowest BCUT2D eigenvalue weighted by Gasteiger charge is -2.26. The largest absolute Gasteiger partial charge is 0.449 e. The number of pyridine rings is 1. The summed E-state index contributed by atoms with van der Waals surface area (Å²) in [6.45, 7) is 1.90. The molecule has 1 aliphatic rings. The van der Waals surface area contributed by atoms with E-state index in [-0.39, 0.29) is 17.6 Å². The molecular formula is C26H24N4O4. The molecule has 1 saturated heterocycles. The van der Waals surface area contributed by atoms with Crippen LogP contribution in [0.4, 0.5) is 17.2 Å². The third-order valence-corrected chi connectivity index (χ3v) is 5.82. The fourth-order valence-corrected chi connectivity index (χ4v) is 3.92. The van der Waals surface area contributed by atoms with E-state index in [2.05, 4.69) is 10.3 Å². The molecular weight excluding hydrogens is 432 g/mol. The van der Waals surface area contributed by atoms with Gasteiger partial charge in [-0.05, 0) is 36.4 Å². The molecule has 2 amide bonds. The normalized spacial score (nSPS) is 13.6. The van der Waals surface area contributed by atoms with Gasteiger partial charge in [0.05, 0.1) is 18.8 Å². The molecule has 1 fully saturated rings. The second kappa shape index (κ2) is 9.36. The zero-order valence-corrected chi connectivity index (χ0v) is 18.7. The number of benzene rings is 2. The number of carbonyl (C=O) groups excluding carboxylic acids is 2. The van der Waals surface area contributed by atoms with Gasteiger partial charge in [-0.1, -0.05) is 30.3 Å². The van der Waals surface area contributed by atoms with Gasteiger partial charge in [0.1, 0.15) is 17.1 Å². The Morgan fingerprint density at radius 3 is 2.44 bits per heavy atom. The fourth-order valence-electron chi connectivity index (χ4n) is 3.92. The molecule has 8 nitrogen and oxygen atoms in total. The van der Waals surface area contributed by atoms with Crippen molar-refractivity contribution in [2.75, 3.05) is 43.6 Å². The molecule has 1 aliphatic heterocycles. The summed E-state index contributed by atoms with van der Waals surface area (Å²) in [7, 11) is 1.92. The van der Waals surface area contributed by atoms with Gasteiger partial charge in [-0.2, -0.15) is 0 Å². The molecule has 1 N–H and O–H groups in total. The molecule has 0 saturated carbocycles. The Labute approximate surface area is 196 Å². The maximum absolute atomic E-state index is 13.2. The smallest absolute Gasteiger partial charge is 0.291 e. The summed E-state index contributed by atoms with van der Waals surface area (Å²) in [5.74, 6) is 0.182. The van der Waals surface area contributed by atoms with Crippen LogP contribution in [0.5, 0.6) is 0 Å². The topological polar surface area (TPSA) is 87.9 Å². The van der Waals surface area contributed by atoms with Crippen LogP contribution in [0.1, 0.15) is 20.9 Å². The van der Waals surface area contributed by atoms with E-state index in [1.54, 1.807) is 23.1 Å². The molecule has 2 aromatic heterocycles. The van der Waals surface area contributed by atoms with Crippen LogP contribution in [0.15, 0.2) is 77.3 Å². The number of nitrogens with one attached hydrogen (secondary N) is 1. The molecule has 3 heterocycles. The standard InChI is InChI=1S/C26H24N4O4/c1-29(19-7-3-2-4-8-19)22-12-11-18(17-27-22)25(31)28-23-20-9-5-6-10-21(20)34-24(23)26(32)30-13-15-33-16-14-30/h2-12,17H,13-16H2,1H3,(H,28,31). The van der Waals surface area contributed by atoms with Crippen LogP contribution in [0.2, 0.25) is 0 Å². The zero-order chi connectivity index (χ0) is 23.5. The molecule has 0 radical (unpaired) electrons. The average Bonchev–Trinajstić information content (AvgIpc) is 3.27. The number of hydrogen-bond acceptors (Lipinski definition) is 6. The van der Waals surface area contributed by atoms with E-state index >= 15 is 0 Å². The highest BCUT2D eigenvalue weighted by Crippen LogP contribution is 2.32. The lowest BCUT2D eigenvalue weighted by molar-refractivity contribution is 0.0285. The first-order valence-corrected chi connectivity index (χ1v) is 11.1. The van der Waals surface area contributed by atoms with E-state index in [1.807, 2.05) is 60.5 Å². The van der Waals surface area contributed by atoms with Gasteiger partial charge in [0.15, 0.2) is 0 Å². The summed E-state index contributed by atoms with van der Waals surface area (Å²) in [4.78, 5) is 34.3. The number of aromatic nitrogens is 1. The number of nitrogens with zero attached hydrogens (tertiary/aromatic N) is 3. The molecule has 2 aromatic carbocycles. The number of furan rings is 1. The van der Waals surface area contributed by atoms with Crippen LogP contribution in [-0.2, 0) is 4.74 Å². The summed E-state index contributed by atoms with van der Waals surface area (Å²) in [6, 6.07) is 20.6. The molecule has 34 heavy (non-hydrogen) atoms. The monoisotopic (exact) mass is 456 g/mol. The Morgan fingerprint density at radius 1 is 0.971 bits per heavy atom. The van der Waals surface area contributed by atoms with Crippen molar-refractivity contribution in [3.05, 3.63) is 84.3 Å². The van der Waals surface area contributed by atoms with Crippen LogP contribution in [0.25, 0.3) is 11.0 Å². The van der Waals surface area contributed by atoms with E-state index in [1.165, 1.54) is 6.20 Å². The summed E-state index contributed by atoms with van der Waals surface area (Å²) in [5.41, 5.74) is 2.26. The Morgan fingerprint density at radius 2 is 1.71 bits per heavy atom. The van der Waals surface area contributed by atoms with E-state index < -0.39 is 0 Å². The summed E-state index contributed by atoms with van der Waals surface area (Å²) >= 11 is 0. The molecule has 5 rings (SSSR count). The van der Waals surface area contributed by atoms with Gasteiger partial charge < -0.3 is 24.3 Å². The molecule has 0 aliphatic carbocycles. The van der Waals surface area contributed by atoms with Crippen molar-refractivity contribution in [3.63, 3.8) is 0 Å². The first-order valence-electron chi connectivity index (χ1n) is 11.1. The summed E-state index contributed by atoms with van der Waals surface area (Å²) in [6.07, 6.45) is 1.52. The number of ether oxygens (including phenoxy) is 1. The van der Waals surface area contributed by atoms with Gasteiger partial charge in [0, 0.05) is 37.4 Å². The highest BCUT2D eigenvalue weighted by Gasteiger charge is 2.27. The summed E-state index contributed by atoms with van der Waals surface area (Å²) < 4.78 is 11.2. The maximum atomic E-state index is 13.2. The average molecular weight is 457 g/mol. The molecule has 8 heteroatoms. The molecule has 0 atom stereocenters. The number of anilines is 3. The number of carbonyl (C=O) groups is 2. The molecule has 0 spiro atoms. The van der Waals surface area contributed by atoms with Gasteiger partial charge in [-0.3, -0.25) is 9.59 Å². The Kier molecular flexibility index (Phi) is 5.97. The zero-order valence-electron chi connectivity index (χ0n) is 18.7. The first kappa shape index (κ1) is 21.7. The lowest BCUT2D eigenvalue weighted by atomic mass is 10.2. The third kappa shape index (κ3) is 4.23. The number of hydrogen-bond donors (Lipinski definition) is 1. The van der Waals surface area contributed by atoms with Crippen LogP contribution >= 0.6 is 0 Å². The van der Waals surface area contributed by atoms with Crippen molar-refractivity contribution in [2.45, 2.75) is 0 Å². The Balaban J connectivity index is 1.40. The van der Waals surface area contributed by atoms with Crippen molar-refractivity contribution in [3.8, 4) is 0 Å². The van der Waals surface area contributed by atoms with Gasteiger partial charge >= 0.3 is 0 Å². The molecule has 0 bridgehead atoms. The Bertz CT molecular complexity index is 1310. The minimum atomic E-state index is -0.371. The van der Waals surface area contributed by atoms with Gasteiger partial charge in [0.2, 0.25) is 5.76 Å². The fraction of sp³-hybridized carbons (Fsp3) is 0.192. The number of rotatable bonds is 5. The molecule has 0 unspecified atom stereocenters. The van der Waals surface area contributed by atoms with Crippen LogP contribution in [0.3, 0.4) is 0 Å². The summed E-state index contributed by atoms with van der Waals surface area (Å²) in [5, 5.41) is 3.55. The van der Waals surface area contributed by atoms with Crippen molar-refractivity contribution in [1.82, 2.24) is 9.88 Å². The molecule has 172 valence electrons. The number of morpholine rings is 1. The van der Waals surface area contributed by atoms with Gasteiger partial charge in [-0.15, -0.1) is 0 Å². The maximum Gasteiger partial charge on any atom is 0.291 e.